The molecule has 0 amide bonds. The van der Waals surface area contributed by atoms with Gasteiger partial charge in [-0.25, -0.2) is 0 Å². The van der Waals surface area contributed by atoms with Gasteiger partial charge in [-0.1, -0.05) is 17.7 Å². The molecule has 0 unspecified atom stereocenters. The van der Waals surface area contributed by atoms with Crippen molar-refractivity contribution < 1.29 is 4.79 Å². The Morgan fingerprint density at radius 1 is 1.46 bits per heavy atom. The molecule has 0 aliphatic heterocycles. The molecule has 1 saturated carbocycles. The molecule has 1 nitrogen and oxygen atoms in total. The number of benzene rings is 1. The molecular formula is C10H8BrClO. The molecule has 1 fully saturated rings. The number of carbonyl (C=O) groups excluding carboxylic acids is 1. The third-order valence-corrected chi connectivity index (χ3v) is 3.74. The summed E-state index contributed by atoms with van der Waals surface area (Å²) in [5.74, 6) is 0. The number of rotatable bonds is 2. The highest BCUT2D eigenvalue weighted by Gasteiger charge is 2.44. The fraction of sp³-hybridized carbons (Fsp3) is 0.300. The van der Waals surface area contributed by atoms with E-state index in [-0.39, 0.29) is 5.41 Å². The van der Waals surface area contributed by atoms with E-state index in [1.807, 2.05) is 18.2 Å². The largest absolute Gasteiger partial charge is 0.302 e. The van der Waals surface area contributed by atoms with Gasteiger partial charge in [-0.3, -0.25) is 0 Å². The van der Waals surface area contributed by atoms with Gasteiger partial charge >= 0.3 is 0 Å². The second kappa shape index (κ2) is 3.10. The minimum atomic E-state index is -0.218. The summed E-state index contributed by atoms with van der Waals surface area (Å²) in [6.07, 6.45) is 2.94. The maximum atomic E-state index is 10.8. The van der Waals surface area contributed by atoms with E-state index >= 15 is 0 Å². The Labute approximate surface area is 90.2 Å². The summed E-state index contributed by atoms with van der Waals surface area (Å²) in [5, 5.41) is 0.672. The average Bonchev–Trinajstić information content (AvgIpc) is 2.90. The fourth-order valence-electron chi connectivity index (χ4n) is 1.42. The van der Waals surface area contributed by atoms with Gasteiger partial charge in [0.15, 0.2) is 0 Å². The van der Waals surface area contributed by atoms with E-state index in [2.05, 4.69) is 15.9 Å². The van der Waals surface area contributed by atoms with Crippen LogP contribution in [0.2, 0.25) is 5.02 Å². The molecule has 3 heteroatoms. The van der Waals surface area contributed by atoms with Gasteiger partial charge in [0, 0.05) is 4.47 Å². The lowest BCUT2D eigenvalue weighted by atomic mass is 9.98. The molecule has 68 valence electrons. The lowest BCUT2D eigenvalue weighted by Gasteiger charge is -2.07. The van der Waals surface area contributed by atoms with Crippen LogP contribution in [0.1, 0.15) is 18.4 Å². The Kier molecular flexibility index (Phi) is 2.20. The Morgan fingerprint density at radius 3 is 2.62 bits per heavy atom. The molecule has 0 N–H and O–H groups in total. The van der Waals surface area contributed by atoms with Crippen molar-refractivity contribution in [2.45, 2.75) is 18.3 Å². The molecule has 0 atom stereocenters. The van der Waals surface area contributed by atoms with Crippen LogP contribution in [-0.4, -0.2) is 6.29 Å². The van der Waals surface area contributed by atoms with Crippen molar-refractivity contribution in [2.24, 2.45) is 0 Å². The van der Waals surface area contributed by atoms with E-state index in [9.17, 15) is 4.79 Å². The number of carbonyl (C=O) groups is 1. The Bertz CT molecular complexity index is 358. The molecule has 1 aliphatic carbocycles. The van der Waals surface area contributed by atoms with Gasteiger partial charge in [0.1, 0.15) is 6.29 Å². The van der Waals surface area contributed by atoms with E-state index in [0.29, 0.717) is 5.02 Å². The van der Waals surface area contributed by atoms with E-state index in [1.165, 1.54) is 0 Å². The molecule has 0 heterocycles. The summed E-state index contributed by atoms with van der Waals surface area (Å²) in [4.78, 5) is 10.8. The van der Waals surface area contributed by atoms with Crippen LogP contribution in [0.3, 0.4) is 0 Å². The van der Waals surface area contributed by atoms with Gasteiger partial charge in [-0.2, -0.15) is 0 Å². The van der Waals surface area contributed by atoms with E-state index in [1.54, 1.807) is 0 Å². The third-order valence-electron chi connectivity index (χ3n) is 2.51. The summed E-state index contributed by atoms with van der Waals surface area (Å²) < 4.78 is 0.875. The van der Waals surface area contributed by atoms with Gasteiger partial charge in [0.05, 0.1) is 10.4 Å². The first-order valence-corrected chi connectivity index (χ1v) is 5.27. The quantitative estimate of drug-likeness (QED) is 0.745. The van der Waals surface area contributed by atoms with Crippen LogP contribution < -0.4 is 0 Å². The molecule has 0 radical (unpaired) electrons. The lowest BCUT2D eigenvalue weighted by Crippen LogP contribution is -2.07. The van der Waals surface area contributed by atoms with Crippen LogP contribution in [0.5, 0.6) is 0 Å². The van der Waals surface area contributed by atoms with Crippen LogP contribution in [0, 0.1) is 0 Å². The van der Waals surface area contributed by atoms with Crippen molar-refractivity contribution in [3.8, 4) is 0 Å². The first kappa shape index (κ1) is 9.22. The zero-order valence-electron chi connectivity index (χ0n) is 6.89. The first-order valence-electron chi connectivity index (χ1n) is 4.10. The molecule has 0 saturated heterocycles. The minimum absolute atomic E-state index is 0.218. The topological polar surface area (TPSA) is 17.1 Å². The number of hydrogen-bond donors (Lipinski definition) is 0. The molecule has 2 rings (SSSR count). The minimum Gasteiger partial charge on any atom is -0.302 e. The van der Waals surface area contributed by atoms with Crippen LogP contribution in [-0.2, 0) is 10.2 Å². The van der Waals surface area contributed by atoms with Gasteiger partial charge in [0.2, 0.25) is 0 Å². The zero-order valence-corrected chi connectivity index (χ0v) is 9.23. The van der Waals surface area contributed by atoms with Crippen LogP contribution >= 0.6 is 27.5 Å². The predicted molar refractivity (Wildman–Crippen MR) is 56.1 cm³/mol. The molecule has 0 aromatic heterocycles. The predicted octanol–water partition coefficient (Wildman–Crippen LogP) is 3.33. The van der Waals surface area contributed by atoms with Crippen molar-refractivity contribution in [2.75, 3.05) is 0 Å². The third kappa shape index (κ3) is 1.53. The van der Waals surface area contributed by atoms with Crippen LogP contribution in [0.25, 0.3) is 0 Å². The smallest absolute Gasteiger partial charge is 0.130 e. The van der Waals surface area contributed by atoms with Gasteiger partial charge in [-0.05, 0) is 46.5 Å². The molecular weight excluding hydrogens is 251 g/mol. The number of halogens is 2. The van der Waals surface area contributed by atoms with Crippen LogP contribution in [0.4, 0.5) is 0 Å². The highest BCUT2D eigenvalue weighted by molar-refractivity contribution is 9.10. The van der Waals surface area contributed by atoms with E-state index < -0.39 is 0 Å². The van der Waals surface area contributed by atoms with E-state index in [4.69, 9.17) is 11.6 Å². The molecule has 1 aromatic carbocycles. The van der Waals surface area contributed by atoms with Gasteiger partial charge in [-0.15, -0.1) is 0 Å². The Morgan fingerprint density at radius 2 is 2.15 bits per heavy atom. The number of aldehydes is 1. The zero-order chi connectivity index (χ0) is 9.47. The van der Waals surface area contributed by atoms with Crippen molar-refractivity contribution in [3.05, 3.63) is 33.3 Å². The molecule has 13 heavy (non-hydrogen) atoms. The molecule has 0 bridgehead atoms. The summed E-state index contributed by atoms with van der Waals surface area (Å²) in [7, 11) is 0. The lowest BCUT2D eigenvalue weighted by molar-refractivity contribution is -0.109. The molecule has 1 aromatic rings. The standard InChI is InChI=1S/C10H8BrClO/c11-8-2-1-7(5-9(8)12)10(6-13)3-4-10/h1-2,5-6H,3-4H2. The highest BCUT2D eigenvalue weighted by atomic mass is 79.9. The second-order valence-electron chi connectivity index (χ2n) is 3.40. The summed E-state index contributed by atoms with van der Waals surface area (Å²) in [6.45, 7) is 0. The fourth-order valence-corrected chi connectivity index (χ4v) is 1.84. The van der Waals surface area contributed by atoms with Gasteiger partial charge in [0.25, 0.3) is 0 Å². The Hall–Kier alpha value is -0.340. The normalized spacial score (nSPS) is 18.3. The summed E-state index contributed by atoms with van der Waals surface area (Å²) >= 11 is 9.26. The maximum absolute atomic E-state index is 10.8. The first-order chi connectivity index (χ1) is 6.18. The summed E-state index contributed by atoms with van der Waals surface area (Å²) in [5.41, 5.74) is 0.820. The van der Waals surface area contributed by atoms with E-state index in [0.717, 1.165) is 29.2 Å². The van der Waals surface area contributed by atoms with Crippen molar-refractivity contribution in [1.29, 1.82) is 0 Å². The monoisotopic (exact) mass is 258 g/mol. The molecule has 0 spiro atoms. The van der Waals surface area contributed by atoms with Crippen molar-refractivity contribution >= 4 is 33.8 Å². The summed E-state index contributed by atoms with van der Waals surface area (Å²) in [6, 6.07) is 5.71. The second-order valence-corrected chi connectivity index (χ2v) is 4.66. The average molecular weight is 260 g/mol. The molecule has 1 aliphatic rings. The maximum Gasteiger partial charge on any atom is 0.130 e. The highest BCUT2D eigenvalue weighted by Crippen LogP contribution is 2.47. The van der Waals surface area contributed by atoms with Crippen molar-refractivity contribution in [1.82, 2.24) is 0 Å². The SMILES string of the molecule is O=CC1(c2ccc(Br)c(Cl)c2)CC1. The Balaban J connectivity index is 2.42. The van der Waals surface area contributed by atoms with Gasteiger partial charge < -0.3 is 4.79 Å². The van der Waals surface area contributed by atoms with Crippen LogP contribution in [0.15, 0.2) is 22.7 Å². The number of hydrogen-bond acceptors (Lipinski definition) is 1. The van der Waals surface area contributed by atoms with Crippen molar-refractivity contribution in [3.63, 3.8) is 0 Å².